The maximum atomic E-state index is 5.64. The topological polar surface area (TPSA) is 12.5 Å². The molecule has 2 heterocycles. The van der Waals surface area contributed by atoms with Gasteiger partial charge in [0.05, 0.1) is 6.10 Å². The third-order valence-electron chi connectivity index (χ3n) is 3.95. The molecule has 0 saturated carbocycles. The molecule has 0 aromatic rings. The molecule has 2 rings (SSSR count). The highest BCUT2D eigenvalue weighted by Crippen LogP contribution is 2.42. The second-order valence-electron chi connectivity index (χ2n) is 5.45. The van der Waals surface area contributed by atoms with Crippen LogP contribution < -0.4 is 0 Å². The Morgan fingerprint density at radius 2 is 2.14 bits per heavy atom. The van der Waals surface area contributed by atoms with E-state index in [-0.39, 0.29) is 0 Å². The monoisotopic (exact) mass is 197 g/mol. The maximum Gasteiger partial charge on any atom is 0.0552 e. The van der Waals surface area contributed by atoms with Crippen molar-refractivity contribution >= 4 is 0 Å². The number of hydrogen-bond acceptors (Lipinski definition) is 2. The van der Waals surface area contributed by atoms with Gasteiger partial charge in [0, 0.05) is 19.2 Å². The molecule has 0 aromatic heterocycles. The summed E-state index contributed by atoms with van der Waals surface area (Å²) >= 11 is 0. The second-order valence-corrected chi connectivity index (χ2v) is 5.45. The van der Waals surface area contributed by atoms with E-state index in [4.69, 9.17) is 4.74 Å². The van der Waals surface area contributed by atoms with Crippen molar-refractivity contribution in [3.05, 3.63) is 0 Å². The second kappa shape index (κ2) is 3.82. The van der Waals surface area contributed by atoms with E-state index < -0.39 is 0 Å². The third kappa shape index (κ3) is 1.96. The summed E-state index contributed by atoms with van der Waals surface area (Å²) in [5.74, 6) is 0. The van der Waals surface area contributed by atoms with E-state index in [1.165, 1.54) is 32.4 Å². The standard InChI is InChI=1S/C12H23NO/c1-10(2)13-6-4-12(9-13)5-7-14-11(3)8-12/h10-11H,4-9H2,1-3H3. The number of hydrogen-bond donors (Lipinski definition) is 0. The van der Waals surface area contributed by atoms with Crippen LogP contribution in [-0.4, -0.2) is 36.7 Å². The third-order valence-corrected chi connectivity index (χ3v) is 3.95. The largest absolute Gasteiger partial charge is 0.378 e. The molecule has 2 nitrogen and oxygen atoms in total. The molecule has 0 aromatic carbocycles. The average Bonchev–Trinajstić information content (AvgIpc) is 2.49. The maximum absolute atomic E-state index is 5.64. The molecule has 14 heavy (non-hydrogen) atoms. The Bertz CT molecular complexity index is 204. The van der Waals surface area contributed by atoms with Gasteiger partial charge in [0.2, 0.25) is 0 Å². The first-order chi connectivity index (χ1) is 6.61. The molecule has 0 N–H and O–H groups in total. The van der Waals surface area contributed by atoms with E-state index in [0.717, 1.165) is 6.61 Å². The fourth-order valence-electron chi connectivity index (χ4n) is 3.03. The van der Waals surface area contributed by atoms with Gasteiger partial charge >= 0.3 is 0 Å². The highest BCUT2D eigenvalue weighted by molar-refractivity contribution is 4.93. The lowest BCUT2D eigenvalue weighted by atomic mass is 9.77. The number of rotatable bonds is 1. The molecule has 0 bridgehead atoms. The van der Waals surface area contributed by atoms with Gasteiger partial charge in [-0.1, -0.05) is 0 Å². The van der Waals surface area contributed by atoms with Crippen LogP contribution in [0.5, 0.6) is 0 Å². The highest BCUT2D eigenvalue weighted by atomic mass is 16.5. The minimum Gasteiger partial charge on any atom is -0.378 e. The van der Waals surface area contributed by atoms with Gasteiger partial charge in [-0.25, -0.2) is 0 Å². The van der Waals surface area contributed by atoms with Gasteiger partial charge in [-0.15, -0.1) is 0 Å². The van der Waals surface area contributed by atoms with Gasteiger partial charge in [0.15, 0.2) is 0 Å². The Morgan fingerprint density at radius 3 is 2.71 bits per heavy atom. The van der Waals surface area contributed by atoms with Crippen LogP contribution >= 0.6 is 0 Å². The molecular weight excluding hydrogens is 174 g/mol. The molecule has 2 unspecified atom stereocenters. The lowest BCUT2D eigenvalue weighted by Crippen LogP contribution is -2.38. The van der Waals surface area contributed by atoms with Gasteiger partial charge < -0.3 is 9.64 Å². The molecule has 2 aliphatic rings. The number of likely N-dealkylation sites (tertiary alicyclic amines) is 1. The quantitative estimate of drug-likeness (QED) is 0.639. The average molecular weight is 197 g/mol. The van der Waals surface area contributed by atoms with Crippen molar-refractivity contribution in [1.29, 1.82) is 0 Å². The Morgan fingerprint density at radius 1 is 1.36 bits per heavy atom. The molecule has 2 heteroatoms. The molecule has 0 amide bonds. The lowest BCUT2D eigenvalue weighted by Gasteiger charge is -2.37. The molecule has 2 saturated heterocycles. The van der Waals surface area contributed by atoms with E-state index in [9.17, 15) is 0 Å². The first-order valence-electron chi connectivity index (χ1n) is 5.97. The van der Waals surface area contributed by atoms with Crippen molar-refractivity contribution < 1.29 is 4.74 Å². The van der Waals surface area contributed by atoms with Crippen LogP contribution in [0.15, 0.2) is 0 Å². The van der Waals surface area contributed by atoms with E-state index in [1.54, 1.807) is 0 Å². The smallest absolute Gasteiger partial charge is 0.0552 e. The molecule has 2 fully saturated rings. The van der Waals surface area contributed by atoms with E-state index in [1.807, 2.05) is 0 Å². The van der Waals surface area contributed by atoms with Crippen LogP contribution in [0.1, 0.15) is 40.0 Å². The van der Waals surface area contributed by atoms with Gasteiger partial charge in [-0.2, -0.15) is 0 Å². The van der Waals surface area contributed by atoms with Crippen molar-refractivity contribution in [2.45, 2.75) is 52.2 Å². The van der Waals surface area contributed by atoms with E-state index >= 15 is 0 Å². The zero-order chi connectivity index (χ0) is 10.2. The Labute approximate surface area is 87.6 Å². The molecule has 0 radical (unpaired) electrons. The molecule has 82 valence electrons. The van der Waals surface area contributed by atoms with E-state index in [2.05, 4.69) is 25.7 Å². The van der Waals surface area contributed by atoms with Gasteiger partial charge in [-0.3, -0.25) is 0 Å². The molecule has 2 aliphatic heterocycles. The Balaban J connectivity index is 1.97. The number of ether oxygens (including phenoxy) is 1. The van der Waals surface area contributed by atoms with Crippen LogP contribution in [-0.2, 0) is 4.74 Å². The highest BCUT2D eigenvalue weighted by Gasteiger charge is 2.41. The van der Waals surface area contributed by atoms with Crippen molar-refractivity contribution in [2.75, 3.05) is 19.7 Å². The predicted octanol–water partition coefficient (Wildman–Crippen LogP) is 2.29. The Hall–Kier alpha value is -0.0800. The minimum absolute atomic E-state index is 0.482. The zero-order valence-electron chi connectivity index (χ0n) is 9.75. The summed E-state index contributed by atoms with van der Waals surface area (Å²) in [6.07, 6.45) is 4.42. The number of nitrogens with zero attached hydrogens (tertiary/aromatic N) is 1. The van der Waals surface area contributed by atoms with Gasteiger partial charge in [0.1, 0.15) is 0 Å². The van der Waals surface area contributed by atoms with Crippen molar-refractivity contribution in [3.63, 3.8) is 0 Å². The van der Waals surface area contributed by atoms with Crippen LogP contribution in [0.3, 0.4) is 0 Å². The van der Waals surface area contributed by atoms with Crippen LogP contribution in [0.25, 0.3) is 0 Å². The first-order valence-corrected chi connectivity index (χ1v) is 5.97. The SMILES string of the molecule is CC1CC2(CCO1)CCN(C(C)C)C2. The normalized spacial score (nSPS) is 39.9. The summed E-state index contributed by atoms with van der Waals surface area (Å²) in [5.41, 5.74) is 0.599. The minimum atomic E-state index is 0.482. The summed E-state index contributed by atoms with van der Waals surface area (Å²) in [5, 5.41) is 0. The van der Waals surface area contributed by atoms with Crippen molar-refractivity contribution in [3.8, 4) is 0 Å². The van der Waals surface area contributed by atoms with Gasteiger partial charge in [-0.05, 0) is 52.0 Å². The summed E-state index contributed by atoms with van der Waals surface area (Å²) in [6.45, 7) is 10.4. The fourth-order valence-corrected chi connectivity index (χ4v) is 3.03. The lowest BCUT2D eigenvalue weighted by molar-refractivity contribution is -0.0358. The summed E-state index contributed by atoms with van der Waals surface area (Å²) in [6, 6.07) is 0.715. The fraction of sp³-hybridized carbons (Fsp3) is 1.00. The van der Waals surface area contributed by atoms with Crippen molar-refractivity contribution in [1.82, 2.24) is 4.90 Å². The van der Waals surface area contributed by atoms with Crippen LogP contribution in [0, 0.1) is 5.41 Å². The summed E-state index contributed by atoms with van der Waals surface area (Å²) in [7, 11) is 0. The van der Waals surface area contributed by atoms with E-state index in [0.29, 0.717) is 17.6 Å². The predicted molar refractivity (Wildman–Crippen MR) is 58.4 cm³/mol. The Kier molecular flexibility index (Phi) is 2.85. The summed E-state index contributed by atoms with van der Waals surface area (Å²) < 4.78 is 5.64. The van der Waals surface area contributed by atoms with Crippen LogP contribution in [0.4, 0.5) is 0 Å². The van der Waals surface area contributed by atoms with Crippen molar-refractivity contribution in [2.24, 2.45) is 5.41 Å². The van der Waals surface area contributed by atoms with Gasteiger partial charge in [0.25, 0.3) is 0 Å². The molecule has 0 aliphatic carbocycles. The first kappa shape index (κ1) is 10.4. The summed E-state index contributed by atoms with van der Waals surface area (Å²) in [4.78, 5) is 2.62. The molecule has 2 atom stereocenters. The molecular formula is C12H23NO. The zero-order valence-corrected chi connectivity index (χ0v) is 9.75. The molecule has 1 spiro atoms. The van der Waals surface area contributed by atoms with Crippen LogP contribution in [0.2, 0.25) is 0 Å².